The molecule has 1 aromatic heterocycles. The molecule has 0 spiro atoms. The van der Waals surface area contributed by atoms with Gasteiger partial charge in [-0.1, -0.05) is 30.3 Å². The van der Waals surface area contributed by atoms with Gasteiger partial charge in [0.05, 0.1) is 0 Å². The van der Waals surface area contributed by atoms with Crippen molar-refractivity contribution in [1.82, 2.24) is 4.98 Å². The average molecular weight is 185 g/mol. The number of pyridine rings is 1. The molecule has 0 saturated heterocycles. The summed E-state index contributed by atoms with van der Waals surface area (Å²) in [6.07, 6.45) is 1.76. The fraction of sp³-hybridized carbons (Fsp3) is 0.0833. The summed E-state index contributed by atoms with van der Waals surface area (Å²) >= 11 is 0. The molecule has 0 atom stereocenters. The van der Waals surface area contributed by atoms with Gasteiger partial charge in [0.1, 0.15) is 0 Å². The second-order valence-electron chi connectivity index (χ2n) is 3.26. The molecule has 0 aliphatic heterocycles. The highest BCUT2D eigenvalue weighted by atomic mass is 16.1. The second-order valence-corrected chi connectivity index (χ2v) is 3.26. The van der Waals surface area contributed by atoms with Crippen molar-refractivity contribution < 1.29 is 0 Å². The largest absolute Gasteiger partial charge is 0.364 e. The maximum absolute atomic E-state index is 11.6. The first-order valence-corrected chi connectivity index (χ1v) is 4.52. The summed E-state index contributed by atoms with van der Waals surface area (Å²) in [7, 11) is 0. The monoisotopic (exact) mass is 185 g/mol. The fourth-order valence-electron chi connectivity index (χ4n) is 1.42. The smallest absolute Gasteiger partial charge is 0.189 e. The standard InChI is InChI=1S/C12H11NO/c1-9-7-12(14)11(8-13-9)10-5-3-2-4-6-10/h2-8H,1H3,(H,13,14). The molecule has 0 fully saturated rings. The normalized spacial score (nSPS) is 10.1. The van der Waals surface area contributed by atoms with Crippen LogP contribution in [0.15, 0.2) is 47.4 Å². The second kappa shape index (κ2) is 3.50. The Morgan fingerprint density at radius 1 is 1.14 bits per heavy atom. The highest BCUT2D eigenvalue weighted by Crippen LogP contribution is 2.13. The predicted molar refractivity (Wildman–Crippen MR) is 57.2 cm³/mol. The van der Waals surface area contributed by atoms with E-state index in [9.17, 15) is 4.79 Å². The Morgan fingerprint density at radius 2 is 1.86 bits per heavy atom. The third-order valence-electron chi connectivity index (χ3n) is 2.14. The Bertz CT molecular complexity index is 485. The summed E-state index contributed by atoms with van der Waals surface area (Å²) in [5, 5.41) is 0. The third kappa shape index (κ3) is 1.59. The van der Waals surface area contributed by atoms with Crippen molar-refractivity contribution >= 4 is 0 Å². The van der Waals surface area contributed by atoms with E-state index in [4.69, 9.17) is 0 Å². The fourth-order valence-corrected chi connectivity index (χ4v) is 1.42. The van der Waals surface area contributed by atoms with E-state index in [1.807, 2.05) is 37.3 Å². The first kappa shape index (κ1) is 8.75. The minimum absolute atomic E-state index is 0.0625. The SMILES string of the molecule is Cc1cc(=O)c(-c2ccccc2)c[nH]1. The van der Waals surface area contributed by atoms with Crippen LogP contribution in [-0.2, 0) is 0 Å². The number of nitrogens with one attached hydrogen (secondary N) is 1. The summed E-state index contributed by atoms with van der Waals surface area (Å²) in [5.41, 5.74) is 2.62. The van der Waals surface area contributed by atoms with Crippen molar-refractivity contribution in [1.29, 1.82) is 0 Å². The molecule has 1 aromatic carbocycles. The van der Waals surface area contributed by atoms with Crippen LogP contribution < -0.4 is 5.43 Å². The van der Waals surface area contributed by atoms with Crippen molar-refractivity contribution in [3.8, 4) is 11.1 Å². The maximum atomic E-state index is 11.6. The molecule has 0 aliphatic rings. The molecule has 14 heavy (non-hydrogen) atoms. The molecular weight excluding hydrogens is 174 g/mol. The Morgan fingerprint density at radius 3 is 2.50 bits per heavy atom. The molecule has 2 nitrogen and oxygen atoms in total. The highest BCUT2D eigenvalue weighted by Gasteiger charge is 2.00. The zero-order valence-electron chi connectivity index (χ0n) is 7.95. The van der Waals surface area contributed by atoms with Crippen molar-refractivity contribution in [3.63, 3.8) is 0 Å². The van der Waals surface area contributed by atoms with Crippen molar-refractivity contribution in [2.45, 2.75) is 6.92 Å². The van der Waals surface area contributed by atoms with Gasteiger partial charge < -0.3 is 4.98 Å². The molecule has 1 heterocycles. The van der Waals surface area contributed by atoms with Gasteiger partial charge in [-0.15, -0.1) is 0 Å². The molecule has 0 saturated carbocycles. The molecular formula is C12H11NO. The predicted octanol–water partition coefficient (Wildman–Crippen LogP) is 2.35. The van der Waals surface area contributed by atoms with Gasteiger partial charge in [0.2, 0.25) is 0 Å². The number of H-pyrrole nitrogens is 1. The van der Waals surface area contributed by atoms with Crippen LogP contribution in [0.4, 0.5) is 0 Å². The number of aromatic nitrogens is 1. The molecule has 0 amide bonds. The lowest BCUT2D eigenvalue weighted by molar-refractivity contribution is 1.19. The van der Waals surface area contributed by atoms with Crippen molar-refractivity contribution in [2.75, 3.05) is 0 Å². The maximum Gasteiger partial charge on any atom is 0.189 e. The Balaban J connectivity index is 2.59. The van der Waals surface area contributed by atoms with Gasteiger partial charge in [0.25, 0.3) is 0 Å². The first-order chi connectivity index (χ1) is 6.77. The van der Waals surface area contributed by atoms with E-state index in [2.05, 4.69) is 4.98 Å². The summed E-state index contributed by atoms with van der Waals surface area (Å²) in [4.78, 5) is 14.7. The molecule has 1 N–H and O–H groups in total. The molecule has 2 heteroatoms. The van der Waals surface area contributed by atoms with Gasteiger partial charge in [-0.25, -0.2) is 0 Å². The van der Waals surface area contributed by atoms with Crippen LogP contribution in [0.1, 0.15) is 5.69 Å². The van der Waals surface area contributed by atoms with E-state index in [-0.39, 0.29) is 5.43 Å². The Kier molecular flexibility index (Phi) is 2.19. The summed E-state index contributed by atoms with van der Waals surface area (Å²) in [6.45, 7) is 1.87. The molecule has 2 rings (SSSR count). The van der Waals surface area contributed by atoms with Crippen LogP contribution in [0.5, 0.6) is 0 Å². The molecule has 0 aliphatic carbocycles. The third-order valence-corrected chi connectivity index (χ3v) is 2.14. The lowest BCUT2D eigenvalue weighted by Gasteiger charge is -2.00. The van der Waals surface area contributed by atoms with Gasteiger partial charge in [-0.3, -0.25) is 4.79 Å². The van der Waals surface area contributed by atoms with E-state index in [1.54, 1.807) is 12.3 Å². The van der Waals surface area contributed by atoms with E-state index in [0.29, 0.717) is 0 Å². The zero-order valence-corrected chi connectivity index (χ0v) is 7.95. The lowest BCUT2D eigenvalue weighted by atomic mass is 10.1. The van der Waals surface area contributed by atoms with Gasteiger partial charge >= 0.3 is 0 Å². The average Bonchev–Trinajstić information content (AvgIpc) is 2.19. The van der Waals surface area contributed by atoms with Crippen molar-refractivity contribution in [3.05, 3.63) is 58.5 Å². The van der Waals surface area contributed by atoms with E-state index >= 15 is 0 Å². The molecule has 0 bridgehead atoms. The molecule has 2 aromatic rings. The minimum Gasteiger partial charge on any atom is -0.364 e. The van der Waals surface area contributed by atoms with E-state index in [1.165, 1.54) is 0 Å². The molecule has 0 unspecified atom stereocenters. The molecule has 70 valence electrons. The first-order valence-electron chi connectivity index (χ1n) is 4.52. The Labute approximate surface area is 82.2 Å². The topological polar surface area (TPSA) is 32.9 Å². The summed E-state index contributed by atoms with van der Waals surface area (Å²) in [6, 6.07) is 11.3. The number of hydrogen-bond acceptors (Lipinski definition) is 1. The lowest BCUT2D eigenvalue weighted by Crippen LogP contribution is -2.04. The van der Waals surface area contributed by atoms with Gasteiger partial charge in [0, 0.05) is 23.5 Å². The van der Waals surface area contributed by atoms with Crippen LogP contribution in [0.25, 0.3) is 11.1 Å². The Hall–Kier alpha value is -1.83. The van der Waals surface area contributed by atoms with Crippen LogP contribution >= 0.6 is 0 Å². The highest BCUT2D eigenvalue weighted by molar-refractivity contribution is 5.61. The number of hydrogen-bond donors (Lipinski definition) is 1. The quantitative estimate of drug-likeness (QED) is 0.726. The minimum atomic E-state index is 0.0625. The van der Waals surface area contributed by atoms with Crippen LogP contribution in [-0.4, -0.2) is 4.98 Å². The van der Waals surface area contributed by atoms with E-state index < -0.39 is 0 Å². The van der Waals surface area contributed by atoms with Crippen LogP contribution in [0, 0.1) is 6.92 Å². The van der Waals surface area contributed by atoms with E-state index in [0.717, 1.165) is 16.8 Å². The van der Waals surface area contributed by atoms with Crippen molar-refractivity contribution in [2.24, 2.45) is 0 Å². The number of rotatable bonds is 1. The number of aryl methyl sites for hydroxylation is 1. The van der Waals surface area contributed by atoms with Gasteiger partial charge in [-0.2, -0.15) is 0 Å². The zero-order chi connectivity index (χ0) is 9.97. The van der Waals surface area contributed by atoms with Crippen LogP contribution in [0.2, 0.25) is 0 Å². The van der Waals surface area contributed by atoms with Crippen LogP contribution in [0.3, 0.4) is 0 Å². The molecule has 0 radical (unpaired) electrons. The summed E-state index contributed by atoms with van der Waals surface area (Å²) in [5.74, 6) is 0. The van der Waals surface area contributed by atoms with Gasteiger partial charge in [-0.05, 0) is 12.5 Å². The number of benzene rings is 1. The number of aromatic amines is 1. The van der Waals surface area contributed by atoms with Gasteiger partial charge in [0.15, 0.2) is 5.43 Å². The summed E-state index contributed by atoms with van der Waals surface area (Å²) < 4.78 is 0.